The van der Waals surface area contributed by atoms with Crippen LogP contribution in [0.15, 0.2) is 54.6 Å². The summed E-state index contributed by atoms with van der Waals surface area (Å²) >= 11 is 0. The van der Waals surface area contributed by atoms with Gasteiger partial charge in [-0.25, -0.2) is 4.98 Å². The van der Waals surface area contributed by atoms with E-state index in [1.807, 2.05) is 54.6 Å². The molecule has 2 aromatic carbocycles. The largest absolute Gasteiger partial charge is 0.351 e. The van der Waals surface area contributed by atoms with Gasteiger partial charge >= 0.3 is 0 Å². The van der Waals surface area contributed by atoms with E-state index in [0.29, 0.717) is 18.2 Å². The number of benzene rings is 2. The molecule has 0 bridgehead atoms. The van der Waals surface area contributed by atoms with Crippen molar-refractivity contribution in [3.05, 3.63) is 60.2 Å². The molecule has 0 radical (unpaired) electrons. The molecule has 0 saturated heterocycles. The Kier molecular flexibility index (Phi) is 7.35. The summed E-state index contributed by atoms with van der Waals surface area (Å²) in [7, 11) is 2.16. The van der Waals surface area contributed by atoms with Gasteiger partial charge in [0.1, 0.15) is 0 Å². The highest BCUT2D eigenvalue weighted by Gasteiger charge is 2.18. The van der Waals surface area contributed by atoms with Crippen molar-refractivity contribution in [1.82, 2.24) is 15.2 Å². The molecule has 0 atom stereocenters. The van der Waals surface area contributed by atoms with Crippen molar-refractivity contribution in [2.45, 2.75) is 45.1 Å². The molecule has 1 saturated carbocycles. The second-order valence-electron chi connectivity index (χ2n) is 8.86. The lowest BCUT2D eigenvalue weighted by atomic mass is 9.94. The molecular weight excluding hydrogens is 412 g/mol. The number of carbonyl (C=O) groups is 2. The van der Waals surface area contributed by atoms with Gasteiger partial charge in [0.2, 0.25) is 5.91 Å². The zero-order valence-corrected chi connectivity index (χ0v) is 19.4. The minimum atomic E-state index is -0.111. The van der Waals surface area contributed by atoms with E-state index in [4.69, 9.17) is 4.98 Å². The molecule has 6 nitrogen and oxygen atoms in total. The first kappa shape index (κ1) is 22.9. The maximum Gasteiger partial charge on any atom is 0.252 e. The fraction of sp³-hybridized carbons (Fsp3) is 0.370. The number of pyridine rings is 1. The molecule has 0 unspecified atom stereocenters. The van der Waals surface area contributed by atoms with Gasteiger partial charge in [0.15, 0.2) is 0 Å². The van der Waals surface area contributed by atoms with Crippen molar-refractivity contribution in [2.24, 2.45) is 0 Å². The van der Waals surface area contributed by atoms with Crippen molar-refractivity contribution in [3.8, 4) is 11.3 Å². The first-order valence-electron chi connectivity index (χ1n) is 11.8. The number of nitrogens with zero attached hydrogens (tertiary/aromatic N) is 2. The molecule has 0 aliphatic heterocycles. The normalized spacial score (nSPS) is 14.4. The van der Waals surface area contributed by atoms with E-state index >= 15 is 0 Å². The van der Waals surface area contributed by atoms with Gasteiger partial charge < -0.3 is 15.5 Å². The Balaban J connectivity index is 1.51. The third kappa shape index (κ3) is 5.76. The van der Waals surface area contributed by atoms with Crippen molar-refractivity contribution in [2.75, 3.05) is 25.5 Å². The number of likely N-dealkylation sites (N-methyl/N-ethyl adjacent to an activating group) is 1. The molecule has 3 aromatic rings. The molecule has 2 N–H and O–H groups in total. The number of hydrogen-bond donors (Lipinski definition) is 2. The first-order valence-corrected chi connectivity index (χ1v) is 11.8. The van der Waals surface area contributed by atoms with Crippen LogP contribution >= 0.6 is 0 Å². The number of anilines is 1. The van der Waals surface area contributed by atoms with Crippen molar-refractivity contribution in [1.29, 1.82) is 0 Å². The Labute approximate surface area is 195 Å². The molecule has 172 valence electrons. The van der Waals surface area contributed by atoms with E-state index in [-0.39, 0.29) is 11.8 Å². The molecule has 6 heteroatoms. The fourth-order valence-electron chi connectivity index (χ4n) is 4.58. The van der Waals surface area contributed by atoms with Crippen LogP contribution in [0.2, 0.25) is 0 Å². The van der Waals surface area contributed by atoms with Crippen LogP contribution in [0.5, 0.6) is 0 Å². The highest BCUT2D eigenvalue weighted by molar-refractivity contribution is 6.07. The summed E-state index contributed by atoms with van der Waals surface area (Å²) in [4.78, 5) is 31.6. The van der Waals surface area contributed by atoms with Crippen LogP contribution in [0, 0.1) is 0 Å². The van der Waals surface area contributed by atoms with Crippen LogP contribution in [-0.4, -0.2) is 47.9 Å². The number of fused-ring (bicyclic) bond motifs is 1. The van der Waals surface area contributed by atoms with Gasteiger partial charge in [-0.2, -0.15) is 0 Å². The molecule has 1 fully saturated rings. The lowest BCUT2D eigenvalue weighted by Crippen LogP contribution is -2.39. The van der Waals surface area contributed by atoms with E-state index < -0.39 is 0 Å². The Morgan fingerprint density at radius 3 is 2.48 bits per heavy atom. The van der Waals surface area contributed by atoms with Gasteiger partial charge in [-0.3, -0.25) is 9.59 Å². The summed E-state index contributed by atoms with van der Waals surface area (Å²) in [6.07, 6.45) is 6.46. The second kappa shape index (κ2) is 10.6. The van der Waals surface area contributed by atoms with Gasteiger partial charge in [-0.15, -0.1) is 0 Å². The van der Waals surface area contributed by atoms with E-state index in [1.165, 1.54) is 39.0 Å². The topological polar surface area (TPSA) is 74.3 Å². The highest BCUT2D eigenvalue weighted by atomic mass is 16.2. The molecule has 1 aliphatic rings. The summed E-state index contributed by atoms with van der Waals surface area (Å²) in [6.45, 7) is 2.94. The van der Waals surface area contributed by atoms with Crippen LogP contribution in [0.3, 0.4) is 0 Å². The number of nitrogens with one attached hydrogen (secondary N) is 2. The van der Waals surface area contributed by atoms with Crippen molar-refractivity contribution in [3.63, 3.8) is 0 Å². The van der Waals surface area contributed by atoms with Crippen LogP contribution in [-0.2, 0) is 4.79 Å². The molecule has 1 aromatic heterocycles. The number of hydrogen-bond acceptors (Lipinski definition) is 4. The number of amides is 2. The quantitative estimate of drug-likeness (QED) is 0.546. The molecule has 2 amide bonds. The smallest absolute Gasteiger partial charge is 0.252 e. The Hall–Kier alpha value is -3.25. The maximum absolute atomic E-state index is 13.2. The van der Waals surface area contributed by atoms with Gasteiger partial charge in [-0.05, 0) is 44.2 Å². The van der Waals surface area contributed by atoms with Crippen LogP contribution < -0.4 is 10.6 Å². The van der Waals surface area contributed by atoms with Crippen molar-refractivity contribution < 1.29 is 9.59 Å². The second-order valence-corrected chi connectivity index (χ2v) is 8.86. The summed E-state index contributed by atoms with van der Waals surface area (Å²) in [5, 5.41) is 6.73. The predicted molar refractivity (Wildman–Crippen MR) is 133 cm³/mol. The van der Waals surface area contributed by atoms with Crippen LogP contribution in [0.1, 0.15) is 49.4 Å². The summed E-state index contributed by atoms with van der Waals surface area (Å²) in [5.41, 5.74) is 3.76. The Morgan fingerprint density at radius 1 is 1.03 bits per heavy atom. The SMILES string of the molecule is CC(=O)Nc1ccc(-c2cc(C(=O)NCCN(C)C3CCCCC3)c3ccccc3n2)cc1. The van der Waals surface area contributed by atoms with Gasteiger partial charge in [0, 0.05) is 42.7 Å². The van der Waals surface area contributed by atoms with Crippen molar-refractivity contribution >= 4 is 28.4 Å². The fourth-order valence-corrected chi connectivity index (χ4v) is 4.58. The third-order valence-corrected chi connectivity index (χ3v) is 6.41. The van der Waals surface area contributed by atoms with Gasteiger partial charge in [0.05, 0.1) is 16.8 Å². The standard InChI is InChI=1S/C27H32N4O2/c1-19(32)29-21-14-12-20(13-15-21)26-18-24(23-10-6-7-11-25(23)30-26)27(33)28-16-17-31(2)22-8-4-3-5-9-22/h6-7,10-15,18,22H,3-5,8-9,16-17H2,1-2H3,(H,28,33)(H,29,32). The predicted octanol–water partition coefficient (Wildman–Crippen LogP) is 4.85. The zero-order valence-electron chi connectivity index (χ0n) is 19.4. The Morgan fingerprint density at radius 2 is 1.76 bits per heavy atom. The molecule has 0 spiro atoms. The minimum Gasteiger partial charge on any atom is -0.351 e. The van der Waals surface area contributed by atoms with Crippen LogP contribution in [0.4, 0.5) is 5.69 Å². The monoisotopic (exact) mass is 444 g/mol. The first-order chi connectivity index (χ1) is 16.0. The number of rotatable bonds is 7. The molecule has 33 heavy (non-hydrogen) atoms. The molecular formula is C27H32N4O2. The zero-order chi connectivity index (χ0) is 23.2. The lowest BCUT2D eigenvalue weighted by Gasteiger charge is -2.31. The van der Waals surface area contributed by atoms with Gasteiger partial charge in [0.25, 0.3) is 5.91 Å². The third-order valence-electron chi connectivity index (χ3n) is 6.41. The number of para-hydroxylation sites is 1. The maximum atomic E-state index is 13.2. The minimum absolute atomic E-state index is 0.0817. The van der Waals surface area contributed by atoms with E-state index in [1.54, 1.807) is 0 Å². The number of aromatic nitrogens is 1. The van der Waals surface area contributed by atoms with Gasteiger partial charge in [-0.1, -0.05) is 49.6 Å². The summed E-state index contributed by atoms with van der Waals surface area (Å²) in [6, 6.07) is 17.7. The summed E-state index contributed by atoms with van der Waals surface area (Å²) in [5.74, 6) is -0.193. The lowest BCUT2D eigenvalue weighted by molar-refractivity contribution is -0.114. The molecule has 4 rings (SSSR count). The average molecular weight is 445 g/mol. The molecule has 1 aliphatic carbocycles. The number of carbonyl (C=O) groups excluding carboxylic acids is 2. The molecule has 1 heterocycles. The highest BCUT2D eigenvalue weighted by Crippen LogP contribution is 2.26. The Bertz CT molecular complexity index is 1120. The summed E-state index contributed by atoms with van der Waals surface area (Å²) < 4.78 is 0. The van der Waals surface area contributed by atoms with E-state index in [2.05, 4.69) is 22.6 Å². The average Bonchev–Trinajstić information content (AvgIpc) is 2.84. The van der Waals surface area contributed by atoms with E-state index in [0.717, 1.165) is 34.4 Å². The van der Waals surface area contributed by atoms with E-state index in [9.17, 15) is 9.59 Å². The van der Waals surface area contributed by atoms with Crippen LogP contribution in [0.25, 0.3) is 22.2 Å².